The Kier molecular flexibility index (Phi) is 5.40. The predicted octanol–water partition coefficient (Wildman–Crippen LogP) is 2.20. The van der Waals surface area contributed by atoms with Crippen LogP contribution in [0.3, 0.4) is 0 Å². The van der Waals surface area contributed by atoms with Crippen LogP contribution in [-0.2, 0) is 4.79 Å². The van der Waals surface area contributed by atoms with Crippen molar-refractivity contribution in [1.82, 2.24) is 15.2 Å². The minimum absolute atomic E-state index is 0.0214. The van der Waals surface area contributed by atoms with Crippen molar-refractivity contribution in [3.63, 3.8) is 0 Å². The zero-order valence-corrected chi connectivity index (χ0v) is 15.8. The van der Waals surface area contributed by atoms with Crippen LogP contribution in [0.2, 0.25) is 5.02 Å². The Morgan fingerprint density at radius 1 is 1.36 bits per heavy atom. The van der Waals surface area contributed by atoms with Gasteiger partial charge in [-0.05, 0) is 26.0 Å². The summed E-state index contributed by atoms with van der Waals surface area (Å²) in [4.78, 5) is 29.9. The third kappa shape index (κ3) is 4.31. The highest BCUT2D eigenvalue weighted by atomic mass is 35.5. The molecule has 2 aromatic rings. The van der Waals surface area contributed by atoms with E-state index < -0.39 is 24.0 Å². The second kappa shape index (κ2) is 7.48. The van der Waals surface area contributed by atoms with Gasteiger partial charge in [-0.1, -0.05) is 11.6 Å². The Labute approximate surface area is 164 Å². The van der Waals surface area contributed by atoms with E-state index >= 15 is 0 Å². The lowest BCUT2D eigenvalue weighted by molar-refractivity contribution is -0.152. The summed E-state index contributed by atoms with van der Waals surface area (Å²) >= 11 is 5.93. The highest BCUT2D eigenvalue weighted by Crippen LogP contribution is 2.30. The molecule has 1 aliphatic heterocycles. The number of aliphatic hydroxyl groups is 1. The second-order valence-corrected chi connectivity index (χ2v) is 7.42. The number of alkyl halides is 2. The number of carbonyl (C=O) groups is 2. The lowest BCUT2D eigenvalue weighted by atomic mass is 10.0. The van der Waals surface area contributed by atoms with Gasteiger partial charge in [-0.2, -0.15) is 8.78 Å². The Hall–Kier alpha value is -2.52. The monoisotopic (exact) mass is 413 g/mol. The molecule has 28 heavy (non-hydrogen) atoms. The first kappa shape index (κ1) is 20.2. The first-order chi connectivity index (χ1) is 13.0. The largest absolute Gasteiger partial charge is 0.433 e. The van der Waals surface area contributed by atoms with Gasteiger partial charge in [0.25, 0.3) is 11.8 Å². The van der Waals surface area contributed by atoms with Gasteiger partial charge in [-0.25, -0.2) is 0 Å². The predicted molar refractivity (Wildman–Crippen MR) is 97.5 cm³/mol. The minimum atomic E-state index is -3.01. The molecule has 0 bridgehead atoms. The van der Waals surface area contributed by atoms with E-state index in [1.54, 1.807) is 0 Å². The first-order valence-electron chi connectivity index (χ1n) is 8.41. The molecule has 150 valence electrons. The van der Waals surface area contributed by atoms with Crippen LogP contribution in [0.5, 0.6) is 5.75 Å². The van der Waals surface area contributed by atoms with E-state index in [4.69, 9.17) is 11.6 Å². The molecule has 2 N–H and O–H groups in total. The molecule has 0 radical (unpaired) electrons. The number of nitrogens with one attached hydrogen (secondary N) is 1. The molecule has 10 heteroatoms. The highest BCUT2D eigenvalue weighted by molar-refractivity contribution is 6.32. The van der Waals surface area contributed by atoms with Crippen molar-refractivity contribution in [2.24, 2.45) is 0 Å². The third-order valence-electron chi connectivity index (χ3n) is 4.24. The summed E-state index contributed by atoms with van der Waals surface area (Å²) in [6.07, 6.45) is 1.32. The van der Waals surface area contributed by atoms with Gasteiger partial charge >= 0.3 is 6.61 Å². The molecular weight excluding hydrogens is 396 g/mol. The molecule has 2 amide bonds. The fraction of sp³-hybridized carbons (Fsp3) is 0.389. The zero-order valence-electron chi connectivity index (χ0n) is 15.1. The molecule has 0 unspecified atom stereocenters. The van der Waals surface area contributed by atoms with Gasteiger partial charge in [0, 0.05) is 30.7 Å². The Morgan fingerprint density at radius 3 is 2.64 bits per heavy atom. The lowest BCUT2D eigenvalue weighted by Gasteiger charge is -2.41. The number of rotatable bonds is 5. The van der Waals surface area contributed by atoms with Crippen LogP contribution in [0, 0.1) is 0 Å². The molecule has 1 aromatic heterocycles. The number of ether oxygens (including phenoxy) is 1. The molecule has 2 heterocycles. The first-order valence-corrected chi connectivity index (χ1v) is 8.79. The summed E-state index contributed by atoms with van der Waals surface area (Å²) in [6.45, 7) is 0.409. The summed E-state index contributed by atoms with van der Waals surface area (Å²) in [6, 6.07) is 3.97. The number of pyridine rings is 1. The van der Waals surface area contributed by atoms with Crippen molar-refractivity contribution < 1.29 is 28.2 Å². The number of hydrogen-bond donors (Lipinski definition) is 2. The van der Waals surface area contributed by atoms with Gasteiger partial charge < -0.3 is 20.1 Å². The number of likely N-dealkylation sites (tertiary alicyclic amines) is 1. The van der Waals surface area contributed by atoms with Crippen molar-refractivity contribution >= 4 is 34.3 Å². The quantitative estimate of drug-likeness (QED) is 0.784. The molecule has 1 aromatic carbocycles. The maximum Gasteiger partial charge on any atom is 0.387 e. The third-order valence-corrected chi connectivity index (χ3v) is 4.54. The summed E-state index contributed by atoms with van der Waals surface area (Å²) in [5.41, 5.74) is -0.843. The molecule has 0 atom stereocenters. The number of aromatic nitrogens is 1. The van der Waals surface area contributed by atoms with E-state index in [2.05, 4.69) is 15.0 Å². The van der Waals surface area contributed by atoms with Crippen LogP contribution >= 0.6 is 11.6 Å². The van der Waals surface area contributed by atoms with Crippen molar-refractivity contribution in [1.29, 1.82) is 0 Å². The van der Waals surface area contributed by atoms with Crippen LogP contribution in [0.4, 0.5) is 8.78 Å². The van der Waals surface area contributed by atoms with Crippen LogP contribution in [0.1, 0.15) is 24.2 Å². The molecule has 1 saturated heterocycles. The van der Waals surface area contributed by atoms with Crippen LogP contribution in [-0.4, -0.2) is 58.1 Å². The molecule has 0 spiro atoms. The average molecular weight is 414 g/mol. The Balaban J connectivity index is 1.67. The molecule has 0 aliphatic carbocycles. The topological polar surface area (TPSA) is 91.8 Å². The standard InChI is InChI=1S/C18H18ClF2N3O4/c1-18(2,27)16(26)24-7-11(8-24)23-15(25)10-3-9-4-12(19)14(28-17(20)21)5-13(9)22-6-10/h3-6,11,17,27H,7-8H2,1-2H3,(H,23,25). The number of nitrogens with zero attached hydrogens (tertiary/aromatic N) is 2. The maximum atomic E-state index is 12.4. The van der Waals surface area contributed by atoms with E-state index in [1.807, 2.05) is 0 Å². The van der Waals surface area contributed by atoms with E-state index in [9.17, 15) is 23.5 Å². The number of fused-ring (bicyclic) bond motifs is 1. The summed E-state index contributed by atoms with van der Waals surface area (Å²) in [7, 11) is 0. The maximum absolute atomic E-state index is 12.4. The molecule has 1 aliphatic rings. The van der Waals surface area contributed by atoms with E-state index in [1.165, 1.54) is 43.1 Å². The number of benzene rings is 1. The molecule has 1 fully saturated rings. The average Bonchev–Trinajstić information content (AvgIpc) is 2.56. The van der Waals surface area contributed by atoms with Gasteiger partial charge in [0.15, 0.2) is 0 Å². The van der Waals surface area contributed by atoms with Gasteiger partial charge in [0.1, 0.15) is 11.4 Å². The van der Waals surface area contributed by atoms with Gasteiger partial charge in [0.2, 0.25) is 0 Å². The van der Waals surface area contributed by atoms with E-state index in [0.717, 1.165) is 0 Å². The number of halogens is 3. The summed E-state index contributed by atoms with van der Waals surface area (Å²) in [5.74, 6) is -0.986. The minimum Gasteiger partial charge on any atom is -0.433 e. The molecule has 3 rings (SSSR count). The van der Waals surface area contributed by atoms with E-state index in [-0.39, 0.29) is 22.4 Å². The van der Waals surface area contributed by atoms with Crippen LogP contribution in [0.15, 0.2) is 24.4 Å². The van der Waals surface area contributed by atoms with Crippen molar-refractivity contribution in [2.45, 2.75) is 32.1 Å². The summed E-state index contributed by atoms with van der Waals surface area (Å²) < 4.78 is 29.1. The molecule has 0 saturated carbocycles. The fourth-order valence-corrected chi connectivity index (χ4v) is 3.05. The van der Waals surface area contributed by atoms with Crippen molar-refractivity contribution in [3.05, 3.63) is 35.0 Å². The molecule has 7 nitrogen and oxygen atoms in total. The number of amides is 2. The smallest absolute Gasteiger partial charge is 0.387 e. The Morgan fingerprint density at radius 2 is 2.04 bits per heavy atom. The normalized spacial score (nSPS) is 14.9. The van der Waals surface area contributed by atoms with Crippen LogP contribution < -0.4 is 10.1 Å². The van der Waals surface area contributed by atoms with Crippen molar-refractivity contribution in [2.75, 3.05) is 13.1 Å². The van der Waals surface area contributed by atoms with Crippen molar-refractivity contribution in [3.8, 4) is 5.75 Å². The fourth-order valence-electron chi connectivity index (χ4n) is 2.83. The summed E-state index contributed by atoms with van der Waals surface area (Å²) in [5, 5.41) is 13.0. The van der Waals surface area contributed by atoms with Gasteiger partial charge in [-0.3, -0.25) is 14.6 Å². The van der Waals surface area contributed by atoms with Gasteiger partial charge in [-0.15, -0.1) is 0 Å². The zero-order chi connectivity index (χ0) is 20.6. The SMILES string of the molecule is CC(C)(O)C(=O)N1CC(NC(=O)c2cnc3cc(OC(F)F)c(Cl)cc3c2)C1. The number of carbonyl (C=O) groups excluding carboxylic acids is 2. The lowest BCUT2D eigenvalue weighted by Crippen LogP contribution is -2.64. The number of hydrogen-bond acceptors (Lipinski definition) is 5. The second-order valence-electron chi connectivity index (χ2n) is 7.02. The highest BCUT2D eigenvalue weighted by Gasteiger charge is 2.38. The van der Waals surface area contributed by atoms with Crippen LogP contribution in [0.25, 0.3) is 10.9 Å². The van der Waals surface area contributed by atoms with Gasteiger partial charge in [0.05, 0.1) is 22.1 Å². The Bertz CT molecular complexity index is 927. The van der Waals surface area contributed by atoms with E-state index in [0.29, 0.717) is 24.0 Å². The molecular formula is C18H18ClF2N3O4.